The first-order chi connectivity index (χ1) is 6.27. The van der Waals surface area contributed by atoms with Crippen LogP contribution in [0.4, 0.5) is 0 Å². The fourth-order valence-electron chi connectivity index (χ4n) is 1.14. The topological polar surface area (TPSA) is 63.6 Å². The lowest BCUT2D eigenvalue weighted by atomic mass is 10.4. The molecule has 2 aromatic heterocycles. The minimum atomic E-state index is -0.339. The molecule has 0 saturated carbocycles. The normalized spacial score (nSPS) is 10.2. The van der Waals surface area contributed by atoms with E-state index in [1.807, 2.05) is 0 Å². The zero-order valence-corrected chi connectivity index (χ0v) is 7.06. The molecule has 2 rings (SSSR count). The Balaban J connectivity index is 2.59. The third-order valence-corrected chi connectivity index (χ3v) is 1.72. The summed E-state index contributed by atoms with van der Waals surface area (Å²) in [5.74, 6) is 0.635. The van der Waals surface area contributed by atoms with Crippen molar-refractivity contribution in [1.29, 1.82) is 0 Å². The van der Waals surface area contributed by atoms with E-state index < -0.39 is 0 Å². The molecule has 0 aliphatic rings. The summed E-state index contributed by atoms with van der Waals surface area (Å²) in [4.78, 5) is 18.5. The van der Waals surface area contributed by atoms with Crippen LogP contribution in [0, 0.1) is 6.92 Å². The Morgan fingerprint density at radius 3 is 2.62 bits per heavy atom. The van der Waals surface area contributed by atoms with Crippen molar-refractivity contribution in [2.24, 2.45) is 0 Å². The van der Waals surface area contributed by atoms with Crippen LogP contribution in [-0.4, -0.2) is 19.7 Å². The molecule has 66 valence electrons. The van der Waals surface area contributed by atoms with E-state index in [1.165, 1.54) is 0 Å². The van der Waals surface area contributed by atoms with Gasteiger partial charge in [0.1, 0.15) is 5.82 Å². The Bertz CT molecular complexity index is 456. The molecule has 2 aromatic rings. The van der Waals surface area contributed by atoms with E-state index in [9.17, 15) is 4.79 Å². The molecular weight excluding hydrogens is 168 g/mol. The molecule has 0 fully saturated rings. The maximum atomic E-state index is 10.9. The van der Waals surface area contributed by atoms with Gasteiger partial charge in [-0.2, -0.15) is 4.98 Å². The molecule has 0 amide bonds. The van der Waals surface area contributed by atoms with E-state index >= 15 is 0 Å². The lowest BCUT2D eigenvalue weighted by Gasteiger charge is -2.01. The summed E-state index contributed by atoms with van der Waals surface area (Å²) >= 11 is 0. The largest absolute Gasteiger partial charge is 0.361 e. The molecule has 1 N–H and O–H groups in total. The van der Waals surface area contributed by atoms with Crippen molar-refractivity contribution in [2.45, 2.75) is 6.92 Å². The van der Waals surface area contributed by atoms with Gasteiger partial charge in [0.05, 0.1) is 5.69 Å². The number of hydrogen-bond acceptors (Lipinski definition) is 3. The molecule has 0 unspecified atom stereocenters. The number of aromatic amines is 1. The Morgan fingerprint density at radius 1 is 1.38 bits per heavy atom. The molecule has 0 aromatic carbocycles. The number of nitrogens with one attached hydrogen (secondary N) is 1. The van der Waals surface area contributed by atoms with E-state index in [2.05, 4.69) is 15.1 Å². The summed E-state index contributed by atoms with van der Waals surface area (Å²) in [5, 5.41) is 2.58. The molecule has 0 radical (unpaired) electrons. The van der Waals surface area contributed by atoms with Gasteiger partial charge in [-0.1, -0.05) is 0 Å². The van der Waals surface area contributed by atoms with Gasteiger partial charge in [0.15, 0.2) is 0 Å². The highest BCUT2D eigenvalue weighted by molar-refractivity contribution is 5.27. The van der Waals surface area contributed by atoms with E-state index in [0.717, 1.165) is 5.69 Å². The summed E-state index contributed by atoms with van der Waals surface area (Å²) in [5.41, 5.74) is 0.511. The minimum absolute atomic E-state index is 0.339. The molecule has 0 atom stereocenters. The lowest BCUT2D eigenvalue weighted by Crippen LogP contribution is -2.05. The Hall–Kier alpha value is -1.91. The number of pyridine rings is 1. The highest BCUT2D eigenvalue weighted by Gasteiger charge is 2.01. The fourth-order valence-corrected chi connectivity index (χ4v) is 1.14. The zero-order valence-electron chi connectivity index (χ0n) is 7.06. The second-order valence-electron chi connectivity index (χ2n) is 2.62. The van der Waals surface area contributed by atoms with E-state index in [0.29, 0.717) is 5.82 Å². The van der Waals surface area contributed by atoms with Crippen molar-refractivity contribution in [3.63, 3.8) is 0 Å². The average Bonchev–Trinajstić information content (AvgIpc) is 2.47. The van der Waals surface area contributed by atoms with Crippen molar-refractivity contribution in [3.8, 4) is 5.69 Å². The second-order valence-corrected chi connectivity index (χ2v) is 2.62. The van der Waals surface area contributed by atoms with Gasteiger partial charge in [0.2, 0.25) is 0 Å². The fraction of sp³-hybridized carbons (Fsp3) is 0.125. The molecule has 0 saturated heterocycles. The van der Waals surface area contributed by atoms with Crippen molar-refractivity contribution in [3.05, 3.63) is 40.8 Å². The second kappa shape index (κ2) is 2.85. The van der Waals surface area contributed by atoms with Crippen LogP contribution in [0.25, 0.3) is 5.69 Å². The molecule has 0 aliphatic carbocycles. The van der Waals surface area contributed by atoms with Gasteiger partial charge in [0.25, 0.3) is 0 Å². The van der Waals surface area contributed by atoms with Gasteiger partial charge < -0.3 is 0 Å². The highest BCUT2D eigenvalue weighted by atomic mass is 16.1. The van der Waals surface area contributed by atoms with Crippen molar-refractivity contribution < 1.29 is 0 Å². The molecular formula is C8H8N4O. The Labute approximate surface area is 74.1 Å². The molecule has 2 heterocycles. The average molecular weight is 176 g/mol. The molecule has 5 heteroatoms. The number of aromatic nitrogens is 4. The predicted molar refractivity (Wildman–Crippen MR) is 46.7 cm³/mol. The first-order valence-electron chi connectivity index (χ1n) is 3.83. The van der Waals surface area contributed by atoms with E-state index in [-0.39, 0.29) is 5.69 Å². The molecule has 5 nitrogen and oxygen atoms in total. The number of H-pyrrole nitrogens is 1. The van der Waals surface area contributed by atoms with Crippen LogP contribution in [0.2, 0.25) is 0 Å². The maximum Gasteiger partial charge on any atom is 0.361 e. The van der Waals surface area contributed by atoms with Crippen LogP contribution < -0.4 is 5.69 Å². The van der Waals surface area contributed by atoms with Gasteiger partial charge in [-0.15, -0.1) is 0 Å². The summed E-state index contributed by atoms with van der Waals surface area (Å²) in [6.07, 6.45) is 3.32. The molecule has 13 heavy (non-hydrogen) atoms. The number of rotatable bonds is 1. The first kappa shape index (κ1) is 7.72. The quantitative estimate of drug-likeness (QED) is 0.678. The van der Waals surface area contributed by atoms with Crippen molar-refractivity contribution in [2.75, 3.05) is 0 Å². The van der Waals surface area contributed by atoms with Crippen LogP contribution in [0.15, 0.2) is 29.3 Å². The summed E-state index contributed by atoms with van der Waals surface area (Å²) in [7, 11) is 0. The standard InChI is InChI=1S/C8H8N4O/c1-6-10-8(13)11-12(6)7-2-4-9-5-3-7/h2-5H,1H3,(H,11,13). The monoisotopic (exact) mass is 176 g/mol. The maximum absolute atomic E-state index is 10.9. The van der Waals surface area contributed by atoms with Gasteiger partial charge >= 0.3 is 5.69 Å². The van der Waals surface area contributed by atoms with Crippen LogP contribution in [0.1, 0.15) is 5.82 Å². The van der Waals surface area contributed by atoms with Crippen LogP contribution in [0.5, 0.6) is 0 Å². The van der Waals surface area contributed by atoms with Crippen LogP contribution >= 0.6 is 0 Å². The number of nitrogens with zero attached hydrogens (tertiary/aromatic N) is 3. The van der Waals surface area contributed by atoms with E-state index in [1.54, 1.807) is 36.1 Å². The molecule has 0 aliphatic heterocycles. The van der Waals surface area contributed by atoms with Crippen LogP contribution in [0.3, 0.4) is 0 Å². The van der Waals surface area contributed by atoms with Gasteiger partial charge in [-0.05, 0) is 19.1 Å². The third-order valence-electron chi connectivity index (χ3n) is 1.72. The summed E-state index contributed by atoms with van der Waals surface area (Å²) in [6, 6.07) is 3.59. The van der Waals surface area contributed by atoms with E-state index in [4.69, 9.17) is 0 Å². The van der Waals surface area contributed by atoms with Crippen molar-refractivity contribution >= 4 is 0 Å². The number of hydrogen-bond donors (Lipinski definition) is 1. The third kappa shape index (κ3) is 1.35. The Morgan fingerprint density at radius 2 is 2.08 bits per heavy atom. The first-order valence-corrected chi connectivity index (χ1v) is 3.83. The smallest absolute Gasteiger partial charge is 0.265 e. The van der Waals surface area contributed by atoms with Gasteiger partial charge in [-0.3, -0.25) is 4.98 Å². The van der Waals surface area contributed by atoms with Crippen LogP contribution in [-0.2, 0) is 0 Å². The predicted octanol–water partition coefficient (Wildman–Crippen LogP) is 0.264. The van der Waals surface area contributed by atoms with Crippen molar-refractivity contribution in [1.82, 2.24) is 19.7 Å². The zero-order chi connectivity index (χ0) is 9.26. The van der Waals surface area contributed by atoms with Gasteiger partial charge in [-0.25, -0.2) is 14.6 Å². The van der Waals surface area contributed by atoms with Gasteiger partial charge in [0, 0.05) is 12.4 Å². The Kier molecular flexibility index (Phi) is 1.70. The number of aryl methyl sites for hydroxylation is 1. The minimum Gasteiger partial charge on any atom is -0.265 e. The highest BCUT2D eigenvalue weighted by Crippen LogP contribution is 2.03. The molecule has 0 bridgehead atoms. The lowest BCUT2D eigenvalue weighted by molar-refractivity contribution is 0.829. The summed E-state index contributed by atoms with van der Waals surface area (Å²) < 4.78 is 1.62. The SMILES string of the molecule is Cc1nc(=O)[nH]n1-c1ccncc1. The summed E-state index contributed by atoms with van der Waals surface area (Å²) in [6.45, 7) is 1.76. The molecule has 0 spiro atoms.